The predicted octanol–water partition coefficient (Wildman–Crippen LogP) is 2.93. The van der Waals surface area contributed by atoms with Gasteiger partial charge < -0.3 is 10.2 Å². The summed E-state index contributed by atoms with van der Waals surface area (Å²) in [6.45, 7) is 3.85. The van der Waals surface area contributed by atoms with Gasteiger partial charge >= 0.3 is 0 Å². The lowest BCUT2D eigenvalue weighted by atomic mass is 10.2. The van der Waals surface area contributed by atoms with Gasteiger partial charge in [-0.3, -0.25) is 0 Å². The molecule has 0 saturated carbocycles. The molecule has 0 fully saturated rings. The maximum absolute atomic E-state index is 13.2. The minimum absolute atomic E-state index is 0.365. The Kier molecular flexibility index (Phi) is 2.64. The summed E-state index contributed by atoms with van der Waals surface area (Å²) in [5.74, 6) is 0.849. The highest BCUT2D eigenvalue weighted by atomic mass is 19.1. The van der Waals surface area contributed by atoms with E-state index in [0.29, 0.717) is 17.1 Å². The summed E-state index contributed by atoms with van der Waals surface area (Å²) in [6.07, 6.45) is 0.767. The number of oxazole rings is 1. The van der Waals surface area contributed by atoms with Crippen molar-refractivity contribution in [3.63, 3.8) is 0 Å². The minimum atomic E-state index is -0.385. The van der Waals surface area contributed by atoms with E-state index in [4.69, 9.17) is 10.2 Å². The molecule has 0 aliphatic heterocycles. The van der Waals surface area contributed by atoms with Crippen LogP contribution in [0.1, 0.15) is 18.4 Å². The van der Waals surface area contributed by atoms with Gasteiger partial charge in [0.15, 0.2) is 0 Å². The van der Waals surface area contributed by atoms with Gasteiger partial charge in [-0.05, 0) is 25.1 Å². The van der Waals surface area contributed by atoms with Gasteiger partial charge in [-0.15, -0.1) is 0 Å². The first-order valence-corrected chi connectivity index (χ1v) is 5.13. The van der Waals surface area contributed by atoms with Crippen LogP contribution in [0.2, 0.25) is 0 Å². The van der Waals surface area contributed by atoms with Crippen LogP contribution in [0, 0.1) is 12.7 Å². The summed E-state index contributed by atoms with van der Waals surface area (Å²) in [6, 6.07) is 4.27. The molecular weight excluding hydrogens is 207 g/mol. The van der Waals surface area contributed by atoms with Crippen molar-refractivity contribution in [1.82, 2.24) is 4.98 Å². The van der Waals surface area contributed by atoms with Crippen LogP contribution in [0.5, 0.6) is 0 Å². The number of hydrogen-bond acceptors (Lipinski definition) is 3. The molecule has 0 atom stereocenters. The van der Waals surface area contributed by atoms with Gasteiger partial charge in [-0.1, -0.05) is 6.92 Å². The number of nitrogens with two attached hydrogens (primary N) is 1. The number of halogens is 1. The van der Waals surface area contributed by atoms with Crippen LogP contribution in [0.4, 0.5) is 10.1 Å². The maximum atomic E-state index is 13.2. The molecule has 0 aliphatic carbocycles. The Hall–Kier alpha value is -1.84. The quantitative estimate of drug-likeness (QED) is 0.791. The number of aryl methyl sites for hydroxylation is 2. The number of benzene rings is 1. The van der Waals surface area contributed by atoms with Crippen molar-refractivity contribution >= 4 is 5.69 Å². The molecule has 0 spiro atoms. The molecule has 3 nitrogen and oxygen atoms in total. The third-order valence-corrected chi connectivity index (χ3v) is 2.38. The fourth-order valence-corrected chi connectivity index (χ4v) is 1.62. The smallest absolute Gasteiger partial charge is 0.226 e. The predicted molar refractivity (Wildman–Crippen MR) is 60.4 cm³/mol. The van der Waals surface area contributed by atoms with Crippen molar-refractivity contribution < 1.29 is 8.81 Å². The van der Waals surface area contributed by atoms with E-state index in [2.05, 4.69) is 4.98 Å². The highest BCUT2D eigenvalue weighted by Gasteiger charge is 2.11. The average molecular weight is 220 g/mol. The number of anilines is 1. The van der Waals surface area contributed by atoms with Crippen molar-refractivity contribution in [3.05, 3.63) is 35.5 Å². The lowest BCUT2D eigenvalue weighted by molar-refractivity contribution is 0.521. The standard InChI is InChI=1S/C12H13FN2O/c1-3-11-7(2)15-12(16-11)8-4-9(13)6-10(14)5-8/h4-6H,3,14H2,1-2H3. The van der Waals surface area contributed by atoms with Gasteiger partial charge in [-0.25, -0.2) is 9.37 Å². The molecule has 1 aromatic heterocycles. The molecular formula is C12H13FN2O. The molecule has 1 aromatic carbocycles. The largest absolute Gasteiger partial charge is 0.441 e. The van der Waals surface area contributed by atoms with Crippen molar-refractivity contribution in [1.29, 1.82) is 0 Å². The summed E-state index contributed by atoms with van der Waals surface area (Å²) >= 11 is 0. The molecule has 84 valence electrons. The molecule has 0 radical (unpaired) electrons. The summed E-state index contributed by atoms with van der Waals surface area (Å²) < 4.78 is 18.7. The van der Waals surface area contributed by atoms with E-state index >= 15 is 0 Å². The molecule has 0 aliphatic rings. The van der Waals surface area contributed by atoms with E-state index in [9.17, 15) is 4.39 Å². The van der Waals surface area contributed by atoms with E-state index in [-0.39, 0.29) is 5.82 Å². The molecule has 4 heteroatoms. The lowest BCUT2D eigenvalue weighted by Crippen LogP contribution is -1.88. The summed E-state index contributed by atoms with van der Waals surface area (Å²) in [7, 11) is 0. The molecule has 0 amide bonds. The summed E-state index contributed by atoms with van der Waals surface area (Å²) in [5, 5.41) is 0. The van der Waals surface area contributed by atoms with Crippen molar-refractivity contribution in [2.24, 2.45) is 0 Å². The van der Waals surface area contributed by atoms with Crippen molar-refractivity contribution in [3.8, 4) is 11.5 Å². The van der Waals surface area contributed by atoms with Crippen LogP contribution in [0.25, 0.3) is 11.5 Å². The molecule has 16 heavy (non-hydrogen) atoms. The number of hydrogen-bond donors (Lipinski definition) is 1. The number of nitrogen functional groups attached to an aromatic ring is 1. The minimum Gasteiger partial charge on any atom is -0.441 e. The topological polar surface area (TPSA) is 52.0 Å². The third-order valence-electron chi connectivity index (χ3n) is 2.38. The second-order valence-corrected chi connectivity index (χ2v) is 3.65. The Labute approximate surface area is 93.1 Å². The second kappa shape index (κ2) is 3.96. The van der Waals surface area contributed by atoms with Gasteiger partial charge in [0.1, 0.15) is 11.6 Å². The first kappa shape index (κ1) is 10.7. The maximum Gasteiger partial charge on any atom is 0.226 e. The Bertz CT molecular complexity index is 499. The number of nitrogens with zero attached hydrogens (tertiary/aromatic N) is 1. The zero-order valence-electron chi connectivity index (χ0n) is 9.25. The second-order valence-electron chi connectivity index (χ2n) is 3.65. The van der Waals surface area contributed by atoms with Gasteiger partial charge in [0.2, 0.25) is 5.89 Å². The average Bonchev–Trinajstić information content (AvgIpc) is 2.58. The Morgan fingerprint density at radius 3 is 2.69 bits per heavy atom. The van der Waals surface area contributed by atoms with Crippen LogP contribution in [0.15, 0.2) is 22.6 Å². The van der Waals surface area contributed by atoms with E-state index in [1.807, 2.05) is 13.8 Å². The highest BCUT2D eigenvalue weighted by molar-refractivity contribution is 5.60. The van der Waals surface area contributed by atoms with Gasteiger partial charge in [0.25, 0.3) is 0 Å². The number of aromatic nitrogens is 1. The zero-order valence-corrected chi connectivity index (χ0v) is 9.25. The highest BCUT2D eigenvalue weighted by Crippen LogP contribution is 2.24. The number of rotatable bonds is 2. The molecule has 1 heterocycles. The van der Waals surface area contributed by atoms with Gasteiger partial charge in [0.05, 0.1) is 5.69 Å². The van der Waals surface area contributed by atoms with Crippen LogP contribution in [-0.4, -0.2) is 4.98 Å². The summed E-state index contributed by atoms with van der Waals surface area (Å²) in [5.41, 5.74) is 7.33. The molecule has 0 saturated heterocycles. The van der Waals surface area contributed by atoms with Gasteiger partial charge in [-0.2, -0.15) is 0 Å². The van der Waals surface area contributed by atoms with Crippen LogP contribution >= 0.6 is 0 Å². The van der Waals surface area contributed by atoms with Crippen LogP contribution < -0.4 is 5.73 Å². The van der Waals surface area contributed by atoms with E-state index in [0.717, 1.165) is 17.9 Å². The molecule has 2 aromatic rings. The first-order chi connectivity index (χ1) is 7.60. The molecule has 0 unspecified atom stereocenters. The fraction of sp³-hybridized carbons (Fsp3) is 0.250. The normalized spacial score (nSPS) is 10.7. The molecule has 0 bridgehead atoms. The SMILES string of the molecule is CCc1oc(-c2cc(N)cc(F)c2)nc1C. The Morgan fingerprint density at radius 2 is 2.12 bits per heavy atom. The Balaban J connectivity index is 2.49. The fourth-order valence-electron chi connectivity index (χ4n) is 1.62. The first-order valence-electron chi connectivity index (χ1n) is 5.13. The van der Waals surface area contributed by atoms with E-state index in [1.165, 1.54) is 12.1 Å². The van der Waals surface area contributed by atoms with Gasteiger partial charge in [0, 0.05) is 17.7 Å². The molecule has 2 N–H and O–H groups in total. The van der Waals surface area contributed by atoms with Crippen LogP contribution in [-0.2, 0) is 6.42 Å². The van der Waals surface area contributed by atoms with Crippen LogP contribution in [0.3, 0.4) is 0 Å². The van der Waals surface area contributed by atoms with Crippen molar-refractivity contribution in [2.45, 2.75) is 20.3 Å². The lowest BCUT2D eigenvalue weighted by Gasteiger charge is -1.98. The molecule has 2 rings (SSSR count). The van der Waals surface area contributed by atoms with E-state index < -0.39 is 0 Å². The Morgan fingerprint density at radius 1 is 1.38 bits per heavy atom. The monoisotopic (exact) mass is 220 g/mol. The third kappa shape index (κ3) is 1.91. The van der Waals surface area contributed by atoms with E-state index in [1.54, 1.807) is 6.07 Å². The zero-order chi connectivity index (χ0) is 11.7. The van der Waals surface area contributed by atoms with Crippen molar-refractivity contribution in [2.75, 3.05) is 5.73 Å². The summed E-state index contributed by atoms with van der Waals surface area (Å²) in [4.78, 5) is 4.25.